The number of rotatable bonds is 3. The van der Waals surface area contributed by atoms with Crippen LogP contribution in [0.4, 0.5) is 10.1 Å². The van der Waals surface area contributed by atoms with Gasteiger partial charge < -0.3 is 9.97 Å². The summed E-state index contributed by atoms with van der Waals surface area (Å²) in [5, 5.41) is 0. The molecule has 0 atom stereocenters. The summed E-state index contributed by atoms with van der Waals surface area (Å²) in [6.45, 7) is 0. The standard InChI is InChI=1S/C14H10FN3O4S/c15-9-3-1-2-4-10(9)18-23(21,22)8-5-6-11-12(7-8)17-14(20)13(19)16-11/h1-7,18H,(H,16,19)(H,17,20). The number of aromatic nitrogens is 2. The number of H-pyrrole nitrogens is 2. The zero-order valence-corrected chi connectivity index (χ0v) is 12.3. The van der Waals surface area contributed by atoms with Gasteiger partial charge in [-0.05, 0) is 30.3 Å². The second kappa shape index (κ2) is 5.36. The molecule has 0 aliphatic rings. The molecule has 0 spiro atoms. The zero-order chi connectivity index (χ0) is 16.6. The van der Waals surface area contributed by atoms with Crippen LogP contribution in [-0.4, -0.2) is 18.4 Å². The molecule has 0 aliphatic heterocycles. The Morgan fingerprint density at radius 3 is 2.26 bits per heavy atom. The first-order valence-electron chi connectivity index (χ1n) is 6.40. The maximum atomic E-state index is 13.6. The summed E-state index contributed by atoms with van der Waals surface area (Å²) in [7, 11) is -4.05. The van der Waals surface area contributed by atoms with Gasteiger partial charge in [0.15, 0.2) is 0 Å². The number of hydrogen-bond acceptors (Lipinski definition) is 4. The summed E-state index contributed by atoms with van der Waals surface area (Å²) in [4.78, 5) is 27.0. The van der Waals surface area contributed by atoms with Crippen LogP contribution in [0.3, 0.4) is 0 Å². The Morgan fingerprint density at radius 1 is 0.913 bits per heavy atom. The number of aromatic amines is 2. The van der Waals surface area contributed by atoms with Crippen LogP contribution >= 0.6 is 0 Å². The highest BCUT2D eigenvalue weighted by molar-refractivity contribution is 7.92. The van der Waals surface area contributed by atoms with Crippen molar-refractivity contribution < 1.29 is 12.8 Å². The van der Waals surface area contributed by atoms with Crippen LogP contribution in [0, 0.1) is 5.82 Å². The third-order valence-electron chi connectivity index (χ3n) is 3.12. The summed E-state index contributed by atoms with van der Waals surface area (Å²) in [6.07, 6.45) is 0. The molecule has 0 unspecified atom stereocenters. The van der Waals surface area contributed by atoms with Gasteiger partial charge >= 0.3 is 11.1 Å². The number of anilines is 1. The zero-order valence-electron chi connectivity index (χ0n) is 11.5. The lowest BCUT2D eigenvalue weighted by molar-refractivity contribution is 0.598. The third kappa shape index (κ3) is 2.86. The van der Waals surface area contributed by atoms with Crippen molar-refractivity contribution in [1.82, 2.24) is 9.97 Å². The van der Waals surface area contributed by atoms with Gasteiger partial charge in [-0.15, -0.1) is 0 Å². The molecule has 0 radical (unpaired) electrons. The fourth-order valence-electron chi connectivity index (χ4n) is 2.01. The van der Waals surface area contributed by atoms with Crippen LogP contribution in [0.1, 0.15) is 0 Å². The molecule has 9 heteroatoms. The molecule has 0 aliphatic carbocycles. The Bertz CT molecular complexity index is 1120. The van der Waals surface area contributed by atoms with Crippen molar-refractivity contribution >= 4 is 26.7 Å². The van der Waals surface area contributed by atoms with Crippen molar-refractivity contribution in [2.24, 2.45) is 0 Å². The van der Waals surface area contributed by atoms with Crippen molar-refractivity contribution in [2.75, 3.05) is 4.72 Å². The quantitative estimate of drug-likeness (QED) is 0.623. The lowest BCUT2D eigenvalue weighted by Gasteiger charge is -2.09. The lowest BCUT2D eigenvalue weighted by Crippen LogP contribution is -2.29. The number of benzene rings is 2. The molecule has 0 bridgehead atoms. The van der Waals surface area contributed by atoms with E-state index in [4.69, 9.17) is 0 Å². The number of fused-ring (bicyclic) bond motifs is 1. The molecule has 0 saturated carbocycles. The van der Waals surface area contributed by atoms with E-state index in [1.54, 1.807) is 0 Å². The van der Waals surface area contributed by atoms with Crippen molar-refractivity contribution in [1.29, 1.82) is 0 Å². The SMILES string of the molecule is O=c1[nH]c2ccc(S(=O)(=O)Nc3ccccc3F)cc2[nH]c1=O. The van der Waals surface area contributed by atoms with Gasteiger partial charge in [0.25, 0.3) is 10.0 Å². The van der Waals surface area contributed by atoms with Crippen LogP contribution in [0.15, 0.2) is 56.9 Å². The van der Waals surface area contributed by atoms with Crippen molar-refractivity contribution in [2.45, 2.75) is 4.90 Å². The van der Waals surface area contributed by atoms with E-state index in [2.05, 4.69) is 14.7 Å². The molecule has 1 heterocycles. The van der Waals surface area contributed by atoms with Gasteiger partial charge in [0.1, 0.15) is 5.82 Å². The summed E-state index contributed by atoms with van der Waals surface area (Å²) in [6, 6.07) is 9.08. The maximum Gasteiger partial charge on any atom is 0.314 e. The Morgan fingerprint density at radius 2 is 1.57 bits per heavy atom. The molecule has 3 aromatic rings. The largest absolute Gasteiger partial charge is 0.316 e. The first-order valence-corrected chi connectivity index (χ1v) is 7.89. The minimum atomic E-state index is -4.05. The van der Waals surface area contributed by atoms with Gasteiger partial charge in [-0.25, -0.2) is 12.8 Å². The van der Waals surface area contributed by atoms with Crippen molar-refractivity contribution in [3.05, 3.63) is 69.0 Å². The topological polar surface area (TPSA) is 112 Å². The van der Waals surface area contributed by atoms with Crippen LogP contribution in [-0.2, 0) is 10.0 Å². The minimum Gasteiger partial charge on any atom is -0.316 e. The van der Waals surface area contributed by atoms with Crippen LogP contribution < -0.4 is 15.8 Å². The number of sulfonamides is 1. The highest BCUT2D eigenvalue weighted by Gasteiger charge is 2.17. The average Bonchev–Trinajstić information content (AvgIpc) is 2.50. The average molecular weight is 335 g/mol. The smallest absolute Gasteiger partial charge is 0.314 e. The summed E-state index contributed by atoms with van der Waals surface area (Å²) >= 11 is 0. The van der Waals surface area contributed by atoms with Crippen molar-refractivity contribution in [3.8, 4) is 0 Å². The van der Waals surface area contributed by atoms with E-state index in [0.717, 1.165) is 6.07 Å². The number of para-hydroxylation sites is 1. The van der Waals surface area contributed by atoms with E-state index in [1.807, 2.05) is 0 Å². The third-order valence-corrected chi connectivity index (χ3v) is 4.49. The molecule has 0 fully saturated rings. The predicted octanol–water partition coefficient (Wildman–Crippen LogP) is 1.16. The van der Waals surface area contributed by atoms with Gasteiger partial charge in [-0.1, -0.05) is 12.1 Å². The van der Waals surface area contributed by atoms with E-state index < -0.39 is 27.0 Å². The Kier molecular flexibility index (Phi) is 3.49. The van der Waals surface area contributed by atoms with E-state index in [0.29, 0.717) is 0 Å². The van der Waals surface area contributed by atoms with Gasteiger partial charge in [0, 0.05) is 0 Å². The maximum absolute atomic E-state index is 13.6. The van der Waals surface area contributed by atoms with E-state index in [1.165, 1.54) is 36.4 Å². The molecule has 118 valence electrons. The molecular weight excluding hydrogens is 325 g/mol. The molecule has 1 aromatic heterocycles. The Hall–Kier alpha value is -2.94. The molecule has 7 nitrogen and oxygen atoms in total. The monoisotopic (exact) mass is 335 g/mol. The van der Waals surface area contributed by atoms with Gasteiger partial charge in [-0.3, -0.25) is 14.3 Å². The fraction of sp³-hybridized carbons (Fsp3) is 0. The Balaban J connectivity index is 2.08. The van der Waals surface area contributed by atoms with Crippen LogP contribution in [0.25, 0.3) is 11.0 Å². The molecule has 3 N–H and O–H groups in total. The number of halogens is 1. The lowest BCUT2D eigenvalue weighted by atomic mass is 10.3. The number of nitrogens with one attached hydrogen (secondary N) is 3. The first kappa shape index (κ1) is 15.0. The predicted molar refractivity (Wildman–Crippen MR) is 82.4 cm³/mol. The molecular formula is C14H10FN3O4S. The molecule has 23 heavy (non-hydrogen) atoms. The second-order valence-corrected chi connectivity index (χ2v) is 6.38. The van der Waals surface area contributed by atoms with Gasteiger partial charge in [0.05, 0.1) is 21.6 Å². The second-order valence-electron chi connectivity index (χ2n) is 4.70. The highest BCUT2D eigenvalue weighted by atomic mass is 32.2. The highest BCUT2D eigenvalue weighted by Crippen LogP contribution is 2.20. The summed E-state index contributed by atoms with van der Waals surface area (Å²) in [5.74, 6) is -0.713. The van der Waals surface area contributed by atoms with E-state index >= 15 is 0 Å². The summed E-state index contributed by atoms with van der Waals surface area (Å²) in [5.41, 5.74) is -1.50. The normalized spacial score (nSPS) is 11.5. The Labute approximate surface area is 128 Å². The summed E-state index contributed by atoms with van der Waals surface area (Å²) < 4.78 is 40.3. The van der Waals surface area contributed by atoms with E-state index in [9.17, 15) is 22.4 Å². The first-order chi connectivity index (χ1) is 10.9. The molecule has 0 saturated heterocycles. The van der Waals surface area contributed by atoms with Crippen molar-refractivity contribution in [3.63, 3.8) is 0 Å². The fourth-order valence-corrected chi connectivity index (χ4v) is 3.10. The van der Waals surface area contributed by atoms with Gasteiger partial charge in [-0.2, -0.15) is 0 Å². The number of hydrogen-bond donors (Lipinski definition) is 3. The minimum absolute atomic E-state index is 0.144. The van der Waals surface area contributed by atoms with Crippen LogP contribution in [0.5, 0.6) is 0 Å². The van der Waals surface area contributed by atoms with Gasteiger partial charge in [0.2, 0.25) is 0 Å². The molecule has 0 amide bonds. The molecule has 3 rings (SSSR count). The van der Waals surface area contributed by atoms with Crippen LogP contribution in [0.2, 0.25) is 0 Å². The van der Waals surface area contributed by atoms with E-state index in [-0.39, 0.29) is 21.6 Å². The molecule has 2 aromatic carbocycles.